The highest BCUT2D eigenvalue weighted by Crippen LogP contribution is 2.18. The van der Waals surface area contributed by atoms with Crippen LogP contribution in [0.15, 0.2) is 18.2 Å². The van der Waals surface area contributed by atoms with Crippen molar-refractivity contribution in [1.29, 1.82) is 0 Å². The predicted octanol–water partition coefficient (Wildman–Crippen LogP) is 1.78. The summed E-state index contributed by atoms with van der Waals surface area (Å²) in [6.07, 6.45) is 3.77. The highest BCUT2D eigenvalue weighted by molar-refractivity contribution is 5.94. The monoisotopic (exact) mass is 291 g/mol. The molecule has 0 spiro atoms. The van der Waals surface area contributed by atoms with Crippen LogP contribution in [0.25, 0.3) is 0 Å². The molecule has 0 aromatic heterocycles. The smallest absolute Gasteiger partial charge is 0.337 e. The number of likely N-dealkylation sites (tertiary alicyclic amines) is 1. The molecule has 21 heavy (non-hydrogen) atoms. The van der Waals surface area contributed by atoms with E-state index in [1.807, 2.05) is 4.90 Å². The molecule has 1 aliphatic rings. The molecule has 1 fully saturated rings. The van der Waals surface area contributed by atoms with E-state index in [0.29, 0.717) is 18.7 Å². The number of amides is 1. The van der Waals surface area contributed by atoms with Gasteiger partial charge in [-0.3, -0.25) is 4.79 Å². The Labute approximate surface area is 123 Å². The minimum atomic E-state index is -1.06. The molecule has 2 rings (SSSR count). The van der Waals surface area contributed by atoms with Gasteiger partial charge in [-0.25, -0.2) is 4.79 Å². The van der Waals surface area contributed by atoms with Gasteiger partial charge >= 0.3 is 5.97 Å². The van der Waals surface area contributed by atoms with Crippen LogP contribution in [0.4, 0.5) is 11.4 Å². The second-order valence-corrected chi connectivity index (χ2v) is 5.23. The third kappa shape index (κ3) is 4.11. The first-order valence-electron chi connectivity index (χ1n) is 7.22. The Morgan fingerprint density at radius 3 is 2.62 bits per heavy atom. The molecule has 1 aliphatic heterocycles. The first-order valence-corrected chi connectivity index (χ1v) is 7.22. The lowest BCUT2D eigenvalue weighted by molar-refractivity contribution is -0.131. The lowest BCUT2D eigenvalue weighted by atomic mass is 10.1. The number of hydrogen-bond donors (Lipinski definition) is 3. The van der Waals surface area contributed by atoms with Gasteiger partial charge in [0.1, 0.15) is 0 Å². The maximum Gasteiger partial charge on any atom is 0.337 e. The lowest BCUT2D eigenvalue weighted by Gasteiger charge is -2.26. The van der Waals surface area contributed by atoms with E-state index in [1.165, 1.54) is 12.5 Å². The van der Waals surface area contributed by atoms with E-state index < -0.39 is 5.97 Å². The van der Waals surface area contributed by atoms with Crippen LogP contribution in [-0.2, 0) is 4.79 Å². The number of nitrogen functional groups attached to an aromatic ring is 1. The summed E-state index contributed by atoms with van der Waals surface area (Å²) in [7, 11) is 0. The van der Waals surface area contributed by atoms with Gasteiger partial charge in [-0.05, 0) is 37.5 Å². The number of carboxylic acids is 1. The molecule has 114 valence electrons. The van der Waals surface area contributed by atoms with E-state index in [4.69, 9.17) is 10.8 Å². The number of carboxylic acid groups (broad SMARTS) is 1. The fraction of sp³-hybridized carbons (Fsp3) is 0.467. The molecule has 6 nitrogen and oxygen atoms in total. The van der Waals surface area contributed by atoms with E-state index >= 15 is 0 Å². The van der Waals surface area contributed by atoms with Crippen molar-refractivity contribution in [2.45, 2.75) is 25.7 Å². The van der Waals surface area contributed by atoms with E-state index in [2.05, 4.69) is 5.32 Å². The van der Waals surface area contributed by atoms with Crippen molar-refractivity contribution in [3.63, 3.8) is 0 Å². The van der Waals surface area contributed by atoms with Crippen LogP contribution < -0.4 is 11.1 Å². The molecule has 6 heteroatoms. The van der Waals surface area contributed by atoms with E-state index in [9.17, 15) is 9.59 Å². The topological polar surface area (TPSA) is 95.7 Å². The Bertz CT molecular complexity index is 525. The lowest BCUT2D eigenvalue weighted by Crippen LogP contribution is -2.36. The van der Waals surface area contributed by atoms with Crippen molar-refractivity contribution >= 4 is 23.3 Å². The molecule has 1 heterocycles. The van der Waals surface area contributed by atoms with Crippen molar-refractivity contribution in [3.8, 4) is 0 Å². The number of carbonyl (C=O) groups excluding carboxylic acids is 1. The minimum Gasteiger partial charge on any atom is -0.478 e. The van der Waals surface area contributed by atoms with Crippen LogP contribution in [0.5, 0.6) is 0 Å². The van der Waals surface area contributed by atoms with Gasteiger partial charge in [0, 0.05) is 37.4 Å². The number of nitrogens with two attached hydrogens (primary N) is 1. The average molecular weight is 291 g/mol. The number of carbonyl (C=O) groups is 2. The van der Waals surface area contributed by atoms with E-state index in [0.717, 1.165) is 25.9 Å². The summed E-state index contributed by atoms with van der Waals surface area (Å²) < 4.78 is 0. The Morgan fingerprint density at radius 1 is 1.24 bits per heavy atom. The zero-order valence-electron chi connectivity index (χ0n) is 12.0. The fourth-order valence-corrected chi connectivity index (χ4v) is 2.47. The molecule has 0 unspecified atom stereocenters. The van der Waals surface area contributed by atoms with E-state index in [-0.39, 0.29) is 17.2 Å². The van der Waals surface area contributed by atoms with Gasteiger partial charge in [-0.2, -0.15) is 0 Å². The first-order chi connectivity index (χ1) is 10.1. The molecule has 1 saturated heterocycles. The molecule has 0 aliphatic carbocycles. The van der Waals surface area contributed by atoms with Gasteiger partial charge in [0.2, 0.25) is 5.91 Å². The number of benzene rings is 1. The predicted molar refractivity (Wildman–Crippen MR) is 81.4 cm³/mol. The Balaban J connectivity index is 1.84. The number of nitrogens with one attached hydrogen (secondary N) is 1. The van der Waals surface area contributed by atoms with Gasteiger partial charge in [0.05, 0.1) is 5.56 Å². The number of aromatic carboxylic acids is 1. The minimum absolute atomic E-state index is 0.0716. The van der Waals surface area contributed by atoms with Crippen molar-refractivity contribution in [1.82, 2.24) is 4.90 Å². The van der Waals surface area contributed by atoms with Crippen LogP contribution in [0.1, 0.15) is 36.0 Å². The Kier molecular flexibility index (Phi) is 5.03. The molecule has 4 N–H and O–H groups in total. The first kappa shape index (κ1) is 15.2. The van der Waals surface area contributed by atoms with Crippen LogP contribution in [0.2, 0.25) is 0 Å². The Hall–Kier alpha value is -2.24. The quantitative estimate of drug-likeness (QED) is 0.719. The standard InChI is InChI=1S/C15H21N3O3/c16-13-5-4-11(10-12(13)15(20)21)17-7-6-14(19)18-8-2-1-3-9-18/h4-5,10,17H,1-3,6-9,16H2,(H,20,21). The van der Waals surface area contributed by atoms with Crippen molar-refractivity contribution in [2.75, 3.05) is 30.7 Å². The number of anilines is 2. The second-order valence-electron chi connectivity index (χ2n) is 5.23. The molecule has 0 atom stereocenters. The molecular weight excluding hydrogens is 270 g/mol. The van der Waals surface area contributed by atoms with Crippen molar-refractivity contribution in [2.24, 2.45) is 0 Å². The Morgan fingerprint density at radius 2 is 1.95 bits per heavy atom. The number of nitrogens with zero attached hydrogens (tertiary/aromatic N) is 1. The zero-order valence-corrected chi connectivity index (χ0v) is 12.0. The summed E-state index contributed by atoms with van der Waals surface area (Å²) >= 11 is 0. The second kappa shape index (κ2) is 6.97. The largest absolute Gasteiger partial charge is 0.478 e. The third-order valence-electron chi connectivity index (χ3n) is 3.66. The van der Waals surface area contributed by atoms with Crippen molar-refractivity contribution < 1.29 is 14.7 Å². The van der Waals surface area contributed by atoms with Gasteiger partial charge in [-0.15, -0.1) is 0 Å². The normalized spacial score (nSPS) is 14.8. The third-order valence-corrected chi connectivity index (χ3v) is 3.66. The maximum atomic E-state index is 12.0. The summed E-state index contributed by atoms with van der Waals surface area (Å²) in [6.45, 7) is 2.19. The summed E-state index contributed by atoms with van der Waals surface area (Å²) in [5.74, 6) is -0.906. The van der Waals surface area contributed by atoms with Gasteiger partial charge < -0.3 is 21.1 Å². The SMILES string of the molecule is Nc1ccc(NCCC(=O)N2CCCCC2)cc1C(=O)O. The number of rotatable bonds is 5. The number of piperidine rings is 1. The van der Waals surface area contributed by atoms with Gasteiger partial charge in [0.25, 0.3) is 0 Å². The van der Waals surface area contributed by atoms with Crippen LogP contribution >= 0.6 is 0 Å². The summed E-state index contributed by atoms with van der Waals surface area (Å²) in [5.41, 5.74) is 6.56. The van der Waals surface area contributed by atoms with Crippen LogP contribution in [0, 0.1) is 0 Å². The maximum absolute atomic E-state index is 12.0. The van der Waals surface area contributed by atoms with Crippen LogP contribution in [-0.4, -0.2) is 41.5 Å². The van der Waals surface area contributed by atoms with Gasteiger partial charge in [0.15, 0.2) is 0 Å². The van der Waals surface area contributed by atoms with Gasteiger partial charge in [-0.1, -0.05) is 0 Å². The molecule has 0 bridgehead atoms. The highest BCUT2D eigenvalue weighted by Gasteiger charge is 2.15. The van der Waals surface area contributed by atoms with Crippen molar-refractivity contribution in [3.05, 3.63) is 23.8 Å². The average Bonchev–Trinajstić information content (AvgIpc) is 2.49. The molecule has 1 aromatic rings. The molecule has 1 aromatic carbocycles. The molecule has 1 amide bonds. The van der Waals surface area contributed by atoms with Crippen LogP contribution in [0.3, 0.4) is 0 Å². The number of hydrogen-bond acceptors (Lipinski definition) is 4. The molecule has 0 radical (unpaired) electrons. The molecular formula is C15H21N3O3. The summed E-state index contributed by atoms with van der Waals surface area (Å²) in [5, 5.41) is 12.1. The zero-order chi connectivity index (χ0) is 15.2. The fourth-order valence-electron chi connectivity index (χ4n) is 2.47. The summed E-state index contributed by atoms with van der Waals surface area (Å²) in [4.78, 5) is 24.9. The molecule has 0 saturated carbocycles. The summed E-state index contributed by atoms with van der Waals surface area (Å²) in [6, 6.07) is 4.76. The highest BCUT2D eigenvalue weighted by atomic mass is 16.4. The van der Waals surface area contributed by atoms with E-state index in [1.54, 1.807) is 12.1 Å².